The first-order chi connectivity index (χ1) is 10.3. The predicted octanol–water partition coefficient (Wildman–Crippen LogP) is 4.20. The molecule has 1 heterocycles. The molecule has 0 bridgehead atoms. The molecule has 0 saturated carbocycles. The number of thiophene rings is 1. The second-order valence-corrected chi connectivity index (χ2v) is 5.39. The van der Waals surface area contributed by atoms with Gasteiger partial charge in [-0.3, -0.25) is 10.0 Å². The van der Waals surface area contributed by atoms with Gasteiger partial charge in [-0.1, -0.05) is 36.4 Å². The van der Waals surface area contributed by atoms with Gasteiger partial charge in [0.05, 0.1) is 0 Å². The third-order valence-electron chi connectivity index (χ3n) is 3.32. The topological polar surface area (TPSA) is 49.3 Å². The highest BCUT2D eigenvalue weighted by Crippen LogP contribution is 2.26. The fourth-order valence-electron chi connectivity index (χ4n) is 2.16. The molecular weight excluding hydrogens is 282 g/mol. The number of carbonyl (C=O) groups excluding carboxylic acids is 1. The van der Waals surface area contributed by atoms with Crippen molar-refractivity contribution < 1.29 is 10.0 Å². The lowest BCUT2D eigenvalue weighted by atomic mass is 10.0. The summed E-state index contributed by atoms with van der Waals surface area (Å²) in [6, 6.07) is 17.5. The molecular formula is C17H13NO2S. The SMILES string of the molecule is O=C(NO)c1ccc(-c2ccc(-c3ccsc3)cc2)cc1. The highest BCUT2D eigenvalue weighted by Gasteiger charge is 2.05. The standard InChI is InChI=1S/C17H13NO2S/c19-17(18-20)15-7-5-13(6-8-15)12-1-3-14(4-2-12)16-9-10-21-11-16/h1-11,20H,(H,18,19). The molecule has 0 fully saturated rings. The molecule has 1 aromatic heterocycles. The Bertz CT molecular complexity index is 731. The van der Waals surface area contributed by atoms with Crippen LogP contribution < -0.4 is 5.48 Å². The summed E-state index contributed by atoms with van der Waals surface area (Å²) in [7, 11) is 0. The molecule has 0 saturated heterocycles. The Morgan fingerprint density at radius 2 is 1.33 bits per heavy atom. The zero-order valence-corrected chi connectivity index (χ0v) is 11.9. The molecule has 3 nitrogen and oxygen atoms in total. The van der Waals surface area contributed by atoms with E-state index in [0.29, 0.717) is 5.56 Å². The van der Waals surface area contributed by atoms with Crippen LogP contribution in [0.3, 0.4) is 0 Å². The van der Waals surface area contributed by atoms with E-state index < -0.39 is 5.91 Å². The number of nitrogens with one attached hydrogen (secondary N) is 1. The van der Waals surface area contributed by atoms with E-state index >= 15 is 0 Å². The third kappa shape index (κ3) is 2.86. The van der Waals surface area contributed by atoms with Crippen molar-refractivity contribution in [1.29, 1.82) is 0 Å². The van der Waals surface area contributed by atoms with E-state index in [0.717, 1.165) is 11.1 Å². The second kappa shape index (κ2) is 5.91. The molecule has 0 aliphatic carbocycles. The summed E-state index contributed by atoms with van der Waals surface area (Å²) in [5.41, 5.74) is 6.58. The number of benzene rings is 2. The van der Waals surface area contributed by atoms with Gasteiger partial charge in [0.1, 0.15) is 0 Å². The summed E-state index contributed by atoms with van der Waals surface area (Å²) < 4.78 is 0. The van der Waals surface area contributed by atoms with Gasteiger partial charge in [-0.2, -0.15) is 11.3 Å². The third-order valence-corrected chi connectivity index (χ3v) is 4.00. The summed E-state index contributed by atoms with van der Waals surface area (Å²) in [5.74, 6) is -0.505. The molecule has 3 rings (SSSR count). The smallest absolute Gasteiger partial charge is 0.274 e. The molecule has 104 valence electrons. The lowest BCUT2D eigenvalue weighted by Crippen LogP contribution is -2.18. The summed E-state index contributed by atoms with van der Waals surface area (Å²) in [5, 5.41) is 12.8. The van der Waals surface area contributed by atoms with Gasteiger partial charge in [0.25, 0.3) is 5.91 Å². The van der Waals surface area contributed by atoms with Crippen LogP contribution in [0.2, 0.25) is 0 Å². The Morgan fingerprint density at radius 1 is 0.810 bits per heavy atom. The molecule has 0 aliphatic rings. The van der Waals surface area contributed by atoms with E-state index in [1.54, 1.807) is 28.9 Å². The van der Waals surface area contributed by atoms with E-state index in [4.69, 9.17) is 5.21 Å². The number of rotatable bonds is 3. The molecule has 1 amide bonds. The normalized spacial score (nSPS) is 10.3. The highest BCUT2D eigenvalue weighted by molar-refractivity contribution is 7.08. The Hall–Kier alpha value is -2.43. The summed E-state index contributed by atoms with van der Waals surface area (Å²) >= 11 is 1.68. The van der Waals surface area contributed by atoms with E-state index in [1.165, 1.54) is 11.1 Å². The molecule has 3 aromatic rings. The highest BCUT2D eigenvalue weighted by atomic mass is 32.1. The van der Waals surface area contributed by atoms with Crippen LogP contribution in [0.15, 0.2) is 65.4 Å². The summed E-state index contributed by atoms with van der Waals surface area (Å²) in [4.78, 5) is 11.3. The van der Waals surface area contributed by atoms with Gasteiger partial charge in [-0.15, -0.1) is 0 Å². The number of hydrogen-bond acceptors (Lipinski definition) is 3. The quantitative estimate of drug-likeness (QED) is 0.562. The van der Waals surface area contributed by atoms with Crippen molar-refractivity contribution in [2.24, 2.45) is 0 Å². The van der Waals surface area contributed by atoms with E-state index in [2.05, 4.69) is 41.1 Å². The van der Waals surface area contributed by atoms with Crippen LogP contribution in [0.4, 0.5) is 0 Å². The molecule has 0 atom stereocenters. The Labute approximate surface area is 126 Å². The fourth-order valence-corrected chi connectivity index (χ4v) is 2.83. The Morgan fingerprint density at radius 3 is 1.81 bits per heavy atom. The van der Waals surface area contributed by atoms with Gasteiger partial charge in [-0.25, -0.2) is 5.48 Å². The molecule has 0 radical (unpaired) electrons. The monoisotopic (exact) mass is 295 g/mol. The van der Waals surface area contributed by atoms with Crippen LogP contribution in [0, 0.1) is 0 Å². The first-order valence-corrected chi connectivity index (χ1v) is 7.40. The van der Waals surface area contributed by atoms with Crippen LogP contribution >= 0.6 is 11.3 Å². The molecule has 2 aromatic carbocycles. The van der Waals surface area contributed by atoms with Crippen LogP contribution in [0.5, 0.6) is 0 Å². The zero-order chi connectivity index (χ0) is 14.7. The van der Waals surface area contributed by atoms with Gasteiger partial charge in [0.2, 0.25) is 0 Å². The van der Waals surface area contributed by atoms with Crippen molar-refractivity contribution in [3.63, 3.8) is 0 Å². The second-order valence-electron chi connectivity index (χ2n) is 4.61. The van der Waals surface area contributed by atoms with Gasteiger partial charge in [0.15, 0.2) is 0 Å². The van der Waals surface area contributed by atoms with Gasteiger partial charge >= 0.3 is 0 Å². The Kier molecular flexibility index (Phi) is 3.81. The molecule has 0 spiro atoms. The summed E-state index contributed by atoms with van der Waals surface area (Å²) in [6.45, 7) is 0. The van der Waals surface area contributed by atoms with Crippen molar-refractivity contribution in [2.45, 2.75) is 0 Å². The predicted molar refractivity (Wildman–Crippen MR) is 84.4 cm³/mol. The lowest BCUT2D eigenvalue weighted by Gasteiger charge is -2.05. The summed E-state index contributed by atoms with van der Waals surface area (Å²) in [6.07, 6.45) is 0. The number of amides is 1. The van der Waals surface area contributed by atoms with Crippen molar-refractivity contribution >= 4 is 17.2 Å². The van der Waals surface area contributed by atoms with Crippen molar-refractivity contribution in [1.82, 2.24) is 5.48 Å². The maximum absolute atomic E-state index is 11.3. The zero-order valence-electron chi connectivity index (χ0n) is 11.1. The maximum atomic E-state index is 11.3. The number of carbonyl (C=O) groups is 1. The van der Waals surface area contributed by atoms with Crippen LogP contribution in [0.25, 0.3) is 22.3 Å². The molecule has 0 unspecified atom stereocenters. The number of hydroxylamine groups is 1. The Balaban J connectivity index is 1.85. The molecule has 2 N–H and O–H groups in total. The average molecular weight is 295 g/mol. The van der Waals surface area contributed by atoms with Crippen molar-refractivity contribution in [2.75, 3.05) is 0 Å². The minimum absolute atomic E-state index is 0.427. The van der Waals surface area contributed by atoms with Crippen LogP contribution in [0.1, 0.15) is 10.4 Å². The van der Waals surface area contributed by atoms with Gasteiger partial charge < -0.3 is 0 Å². The number of hydrogen-bond donors (Lipinski definition) is 2. The fraction of sp³-hybridized carbons (Fsp3) is 0. The molecule has 4 heteroatoms. The minimum Gasteiger partial charge on any atom is -0.288 e. The van der Waals surface area contributed by atoms with E-state index in [-0.39, 0.29) is 0 Å². The maximum Gasteiger partial charge on any atom is 0.274 e. The van der Waals surface area contributed by atoms with Gasteiger partial charge in [-0.05, 0) is 51.2 Å². The largest absolute Gasteiger partial charge is 0.288 e. The lowest BCUT2D eigenvalue weighted by molar-refractivity contribution is 0.0706. The minimum atomic E-state index is -0.505. The molecule has 0 aliphatic heterocycles. The van der Waals surface area contributed by atoms with E-state index in [9.17, 15) is 4.79 Å². The molecule has 21 heavy (non-hydrogen) atoms. The average Bonchev–Trinajstić information content (AvgIpc) is 3.09. The van der Waals surface area contributed by atoms with E-state index in [1.807, 2.05) is 12.1 Å². The van der Waals surface area contributed by atoms with Crippen LogP contribution in [-0.2, 0) is 0 Å². The first-order valence-electron chi connectivity index (χ1n) is 6.45. The van der Waals surface area contributed by atoms with Gasteiger partial charge in [0, 0.05) is 5.56 Å². The van der Waals surface area contributed by atoms with Crippen molar-refractivity contribution in [3.8, 4) is 22.3 Å². The van der Waals surface area contributed by atoms with Crippen molar-refractivity contribution in [3.05, 3.63) is 70.9 Å². The van der Waals surface area contributed by atoms with Crippen LogP contribution in [-0.4, -0.2) is 11.1 Å². The first kappa shape index (κ1) is 13.5.